The molecule has 5 nitrogen and oxygen atoms in total. The number of hydrogen-bond donors (Lipinski definition) is 2. The van der Waals surface area contributed by atoms with E-state index in [9.17, 15) is 14.0 Å². The number of carbonyl (C=O) groups is 2. The molecule has 0 aromatic heterocycles. The number of carbonyl (C=O) groups excluding carboxylic acids is 2. The van der Waals surface area contributed by atoms with Crippen LogP contribution in [0.4, 0.5) is 10.1 Å². The predicted octanol–water partition coefficient (Wildman–Crippen LogP) is 2.09. The fourth-order valence-electron chi connectivity index (χ4n) is 1.74. The number of anilines is 1. The fourth-order valence-corrected chi connectivity index (χ4v) is 1.74. The van der Waals surface area contributed by atoms with E-state index in [1.165, 1.54) is 31.4 Å². The van der Waals surface area contributed by atoms with Crippen molar-refractivity contribution in [3.8, 4) is 0 Å². The Balaban J connectivity index is 2.50. The Kier molecular flexibility index (Phi) is 6.30. The number of amides is 1. The molecule has 1 aromatic carbocycles. The van der Waals surface area contributed by atoms with Crippen LogP contribution in [0.3, 0.4) is 0 Å². The van der Waals surface area contributed by atoms with E-state index in [1.807, 2.05) is 13.8 Å². The van der Waals surface area contributed by atoms with Gasteiger partial charge in [-0.2, -0.15) is 0 Å². The van der Waals surface area contributed by atoms with Crippen LogP contribution in [0, 0.1) is 5.82 Å². The highest BCUT2D eigenvalue weighted by Gasteiger charge is 2.26. The predicted molar refractivity (Wildman–Crippen MR) is 78.4 cm³/mol. The topological polar surface area (TPSA) is 67.4 Å². The average molecular weight is 296 g/mol. The van der Waals surface area contributed by atoms with Gasteiger partial charge in [-0.05, 0) is 37.6 Å². The zero-order valence-corrected chi connectivity index (χ0v) is 12.5. The van der Waals surface area contributed by atoms with Crippen molar-refractivity contribution in [1.82, 2.24) is 5.32 Å². The molecule has 1 rings (SSSR count). The van der Waals surface area contributed by atoms with Crippen molar-refractivity contribution in [3.05, 3.63) is 30.1 Å². The maximum atomic E-state index is 12.8. The first-order chi connectivity index (χ1) is 9.88. The Morgan fingerprint density at radius 3 is 2.43 bits per heavy atom. The second-order valence-electron chi connectivity index (χ2n) is 5.08. The molecule has 0 saturated carbocycles. The van der Waals surface area contributed by atoms with Crippen LogP contribution in [0.25, 0.3) is 0 Å². The minimum atomic E-state index is -0.507. The number of halogens is 1. The second-order valence-corrected chi connectivity index (χ2v) is 5.08. The molecular weight excluding hydrogens is 275 g/mol. The first kappa shape index (κ1) is 17.1. The van der Waals surface area contributed by atoms with Gasteiger partial charge in [0.2, 0.25) is 5.91 Å². The number of rotatable bonds is 7. The molecule has 2 N–H and O–H groups in total. The first-order valence-corrected chi connectivity index (χ1v) is 6.76. The van der Waals surface area contributed by atoms with Gasteiger partial charge in [0.15, 0.2) is 0 Å². The van der Waals surface area contributed by atoms with Crippen molar-refractivity contribution in [3.63, 3.8) is 0 Å². The van der Waals surface area contributed by atoms with Crippen molar-refractivity contribution in [1.29, 1.82) is 0 Å². The van der Waals surface area contributed by atoms with E-state index in [0.29, 0.717) is 12.1 Å². The van der Waals surface area contributed by atoms with Gasteiger partial charge in [0.1, 0.15) is 5.82 Å². The molecule has 0 bridgehead atoms. The van der Waals surface area contributed by atoms with E-state index in [4.69, 9.17) is 0 Å². The summed E-state index contributed by atoms with van der Waals surface area (Å²) in [4.78, 5) is 23.2. The molecule has 1 aromatic rings. The third kappa shape index (κ3) is 5.91. The van der Waals surface area contributed by atoms with E-state index >= 15 is 0 Å². The summed E-state index contributed by atoms with van der Waals surface area (Å²) in [6.45, 7) is 3.83. The Bertz CT molecular complexity index is 490. The minimum absolute atomic E-state index is 0.0543. The zero-order chi connectivity index (χ0) is 15.9. The summed E-state index contributed by atoms with van der Waals surface area (Å²) in [6, 6.07) is 5.52. The fraction of sp³-hybridized carbons (Fsp3) is 0.467. The van der Waals surface area contributed by atoms with E-state index in [1.54, 1.807) is 0 Å². The van der Waals surface area contributed by atoms with Crippen LogP contribution in [0.2, 0.25) is 0 Å². The number of benzene rings is 1. The highest BCUT2D eigenvalue weighted by Crippen LogP contribution is 2.15. The van der Waals surface area contributed by atoms with Crippen LogP contribution in [-0.4, -0.2) is 31.1 Å². The van der Waals surface area contributed by atoms with Crippen molar-refractivity contribution in [2.24, 2.45) is 0 Å². The lowest BCUT2D eigenvalue weighted by Crippen LogP contribution is -2.47. The number of nitrogens with one attached hydrogen (secondary N) is 2. The maximum absolute atomic E-state index is 12.8. The number of esters is 1. The molecule has 1 amide bonds. The molecule has 116 valence electrons. The Morgan fingerprint density at radius 2 is 1.90 bits per heavy atom. The minimum Gasteiger partial charge on any atom is -0.469 e. The Morgan fingerprint density at radius 1 is 1.29 bits per heavy atom. The van der Waals surface area contributed by atoms with Crippen LogP contribution in [0.5, 0.6) is 0 Å². The van der Waals surface area contributed by atoms with Crippen molar-refractivity contribution in [2.45, 2.75) is 32.2 Å². The van der Waals surface area contributed by atoms with E-state index in [2.05, 4.69) is 15.4 Å². The number of methoxy groups -OCH3 is 1. The van der Waals surface area contributed by atoms with Gasteiger partial charge in [0.25, 0.3) is 0 Å². The SMILES string of the molecule is CCC(C)(CC(=O)OC)NCC(=O)Nc1ccc(F)cc1. The summed E-state index contributed by atoms with van der Waals surface area (Å²) in [7, 11) is 1.33. The number of ether oxygens (including phenoxy) is 1. The molecule has 0 fully saturated rings. The van der Waals surface area contributed by atoms with Crippen molar-refractivity contribution in [2.75, 3.05) is 19.0 Å². The largest absolute Gasteiger partial charge is 0.469 e. The molecule has 0 aliphatic heterocycles. The molecule has 1 atom stereocenters. The van der Waals surface area contributed by atoms with E-state index in [0.717, 1.165) is 0 Å². The summed E-state index contributed by atoms with van der Waals surface area (Å²) < 4.78 is 17.4. The molecule has 0 aliphatic rings. The van der Waals surface area contributed by atoms with Crippen LogP contribution in [-0.2, 0) is 14.3 Å². The summed E-state index contributed by atoms with van der Waals surface area (Å²) in [5.74, 6) is -0.945. The second kappa shape index (κ2) is 7.73. The summed E-state index contributed by atoms with van der Waals surface area (Å²) in [5.41, 5.74) is 0.0158. The van der Waals surface area contributed by atoms with Crippen molar-refractivity contribution >= 4 is 17.6 Å². The lowest BCUT2D eigenvalue weighted by Gasteiger charge is -2.28. The Labute approximate surface area is 123 Å². The first-order valence-electron chi connectivity index (χ1n) is 6.76. The average Bonchev–Trinajstić information content (AvgIpc) is 2.47. The zero-order valence-electron chi connectivity index (χ0n) is 12.5. The summed E-state index contributed by atoms with van der Waals surface area (Å²) in [6.07, 6.45) is 0.857. The molecule has 6 heteroatoms. The Hall–Kier alpha value is -1.95. The van der Waals surface area contributed by atoms with Gasteiger partial charge in [-0.1, -0.05) is 6.92 Å². The van der Waals surface area contributed by atoms with Gasteiger partial charge in [-0.15, -0.1) is 0 Å². The van der Waals surface area contributed by atoms with Crippen LogP contribution in [0.15, 0.2) is 24.3 Å². The smallest absolute Gasteiger partial charge is 0.307 e. The molecular formula is C15H21FN2O3. The molecule has 1 unspecified atom stereocenters. The van der Waals surface area contributed by atoms with Crippen LogP contribution < -0.4 is 10.6 Å². The van der Waals surface area contributed by atoms with Gasteiger partial charge in [0, 0.05) is 11.2 Å². The highest BCUT2D eigenvalue weighted by atomic mass is 19.1. The van der Waals surface area contributed by atoms with E-state index < -0.39 is 5.54 Å². The lowest BCUT2D eigenvalue weighted by molar-refractivity contribution is -0.142. The monoisotopic (exact) mass is 296 g/mol. The van der Waals surface area contributed by atoms with Gasteiger partial charge in [-0.25, -0.2) is 4.39 Å². The van der Waals surface area contributed by atoms with Crippen LogP contribution >= 0.6 is 0 Å². The molecule has 0 spiro atoms. The third-order valence-electron chi connectivity index (χ3n) is 3.35. The van der Waals surface area contributed by atoms with Crippen molar-refractivity contribution < 1.29 is 18.7 Å². The van der Waals surface area contributed by atoms with Gasteiger partial charge < -0.3 is 15.4 Å². The molecule has 0 aliphatic carbocycles. The summed E-state index contributed by atoms with van der Waals surface area (Å²) in [5, 5.41) is 5.70. The highest BCUT2D eigenvalue weighted by molar-refractivity contribution is 5.92. The normalized spacial score (nSPS) is 13.3. The molecule has 0 saturated heterocycles. The molecule has 21 heavy (non-hydrogen) atoms. The molecule has 0 heterocycles. The van der Waals surface area contributed by atoms with E-state index in [-0.39, 0.29) is 30.7 Å². The van der Waals surface area contributed by atoms with Crippen LogP contribution in [0.1, 0.15) is 26.7 Å². The van der Waals surface area contributed by atoms with Gasteiger partial charge in [-0.3, -0.25) is 9.59 Å². The quantitative estimate of drug-likeness (QED) is 0.756. The lowest BCUT2D eigenvalue weighted by atomic mass is 9.94. The standard InChI is InChI=1S/C15H21FN2O3/c1-4-15(2,9-14(20)21-3)17-10-13(19)18-12-7-5-11(16)6-8-12/h5-8,17H,4,9-10H2,1-3H3,(H,18,19). The molecule has 0 radical (unpaired) electrons. The third-order valence-corrected chi connectivity index (χ3v) is 3.35. The summed E-state index contributed by atoms with van der Waals surface area (Å²) >= 11 is 0. The van der Waals surface area contributed by atoms with Gasteiger partial charge >= 0.3 is 5.97 Å². The number of hydrogen-bond acceptors (Lipinski definition) is 4. The van der Waals surface area contributed by atoms with Gasteiger partial charge in [0.05, 0.1) is 20.1 Å². The maximum Gasteiger partial charge on any atom is 0.307 e.